The quantitative estimate of drug-likeness (QED) is 0.806. The number of nitrogens with one attached hydrogen (secondary N) is 1. The highest BCUT2D eigenvalue weighted by Crippen LogP contribution is 2.36. The van der Waals surface area contributed by atoms with E-state index in [0.29, 0.717) is 0 Å². The monoisotopic (exact) mass is 325 g/mol. The second kappa shape index (κ2) is 5.86. The zero-order chi connectivity index (χ0) is 17.5. The van der Waals surface area contributed by atoms with E-state index in [1.807, 2.05) is 45.9 Å². The van der Waals surface area contributed by atoms with Gasteiger partial charge in [0.25, 0.3) is 0 Å². The number of nitrogens with zero attached hydrogens (tertiary/aromatic N) is 2. The fourth-order valence-electron chi connectivity index (χ4n) is 3.15. The molecule has 126 valence electrons. The third kappa shape index (κ3) is 3.09. The molecule has 5 heteroatoms. The second-order valence-corrected chi connectivity index (χ2v) is 7.33. The van der Waals surface area contributed by atoms with Crippen LogP contribution in [0.1, 0.15) is 58.0 Å². The molecule has 1 aromatic heterocycles. The molecule has 0 radical (unpaired) electrons. The number of fused-ring (bicyclic) bond motifs is 1. The Hall–Kier alpha value is -2.48. The largest absolute Gasteiger partial charge is 0.444 e. The van der Waals surface area contributed by atoms with Gasteiger partial charge in [-0.1, -0.05) is 5.92 Å². The van der Waals surface area contributed by atoms with E-state index in [1.54, 1.807) is 4.90 Å². The maximum absolute atomic E-state index is 12.6. The van der Waals surface area contributed by atoms with E-state index in [2.05, 4.69) is 15.9 Å². The van der Waals surface area contributed by atoms with E-state index in [1.165, 1.54) is 0 Å². The first kappa shape index (κ1) is 16.4. The zero-order valence-corrected chi connectivity index (χ0v) is 14.6. The molecule has 1 aliphatic rings. The number of carbonyl (C=O) groups is 1. The van der Waals surface area contributed by atoms with Crippen LogP contribution in [0.3, 0.4) is 0 Å². The normalized spacial score (nSPS) is 21.0. The van der Waals surface area contributed by atoms with Crippen molar-refractivity contribution in [1.29, 1.82) is 0 Å². The van der Waals surface area contributed by atoms with Crippen molar-refractivity contribution in [3.8, 4) is 12.3 Å². The van der Waals surface area contributed by atoms with Crippen LogP contribution in [0.5, 0.6) is 0 Å². The number of ether oxygens (including phenoxy) is 1. The van der Waals surface area contributed by atoms with Gasteiger partial charge < -0.3 is 9.72 Å². The molecule has 5 nitrogen and oxygen atoms in total. The minimum absolute atomic E-state index is 0.100. The number of amides is 1. The van der Waals surface area contributed by atoms with E-state index in [4.69, 9.17) is 11.2 Å². The molecule has 1 aromatic carbocycles. The van der Waals surface area contributed by atoms with Gasteiger partial charge in [-0.3, -0.25) is 4.90 Å². The van der Waals surface area contributed by atoms with Crippen molar-refractivity contribution >= 4 is 17.1 Å². The van der Waals surface area contributed by atoms with Crippen molar-refractivity contribution in [1.82, 2.24) is 14.9 Å². The molecule has 2 aromatic rings. The Kier molecular flexibility index (Phi) is 4.00. The van der Waals surface area contributed by atoms with Gasteiger partial charge in [-0.15, -0.1) is 6.42 Å². The van der Waals surface area contributed by atoms with Crippen molar-refractivity contribution in [2.24, 2.45) is 0 Å². The molecule has 1 aliphatic heterocycles. The summed E-state index contributed by atoms with van der Waals surface area (Å²) in [6.07, 6.45) is 6.95. The molecule has 0 aliphatic carbocycles. The van der Waals surface area contributed by atoms with Crippen molar-refractivity contribution < 1.29 is 9.53 Å². The molecule has 2 atom stereocenters. The predicted octanol–water partition coefficient (Wildman–Crippen LogP) is 4.00. The number of hydrogen-bond donors (Lipinski definition) is 1. The van der Waals surface area contributed by atoms with Crippen molar-refractivity contribution in [2.75, 3.05) is 0 Å². The number of aromatic nitrogens is 2. The minimum Gasteiger partial charge on any atom is -0.444 e. The SMILES string of the molecule is C#Cc1ccc2[nH]c([C@@H]3CC[C@H](C)N3C(=O)OC(C)(C)C)nc2c1. The molecule has 0 spiro atoms. The number of benzene rings is 1. The predicted molar refractivity (Wildman–Crippen MR) is 93.5 cm³/mol. The van der Waals surface area contributed by atoms with Crippen LogP contribution in [0.15, 0.2) is 18.2 Å². The van der Waals surface area contributed by atoms with Gasteiger partial charge in [0.05, 0.1) is 17.1 Å². The minimum atomic E-state index is -0.514. The Morgan fingerprint density at radius 1 is 1.42 bits per heavy atom. The fraction of sp³-hybridized carbons (Fsp3) is 0.474. The lowest BCUT2D eigenvalue weighted by Crippen LogP contribution is -2.40. The van der Waals surface area contributed by atoms with Crippen LogP contribution < -0.4 is 0 Å². The highest BCUT2D eigenvalue weighted by molar-refractivity contribution is 5.77. The molecule has 3 rings (SSSR count). The van der Waals surface area contributed by atoms with Gasteiger partial charge in [0.1, 0.15) is 11.4 Å². The first-order valence-corrected chi connectivity index (χ1v) is 8.26. The molecule has 0 unspecified atom stereocenters. The number of terminal acetylenes is 1. The summed E-state index contributed by atoms with van der Waals surface area (Å²) in [5.74, 6) is 3.41. The summed E-state index contributed by atoms with van der Waals surface area (Å²) in [5, 5.41) is 0. The van der Waals surface area contributed by atoms with E-state index in [9.17, 15) is 4.79 Å². The lowest BCUT2D eigenvalue weighted by molar-refractivity contribution is 0.0152. The number of imidazole rings is 1. The van der Waals surface area contributed by atoms with Crippen LogP contribution in [0, 0.1) is 12.3 Å². The smallest absolute Gasteiger partial charge is 0.411 e. The van der Waals surface area contributed by atoms with Gasteiger partial charge in [-0.2, -0.15) is 0 Å². The lowest BCUT2D eigenvalue weighted by Gasteiger charge is -2.30. The molecule has 1 saturated heterocycles. The topological polar surface area (TPSA) is 58.2 Å². The Labute approximate surface area is 142 Å². The third-order valence-corrected chi connectivity index (χ3v) is 4.26. The highest BCUT2D eigenvalue weighted by Gasteiger charge is 2.39. The maximum Gasteiger partial charge on any atom is 0.411 e. The van der Waals surface area contributed by atoms with Crippen LogP contribution in [-0.2, 0) is 4.74 Å². The number of carbonyl (C=O) groups excluding carboxylic acids is 1. The van der Waals surface area contributed by atoms with Crippen LogP contribution in [0.25, 0.3) is 11.0 Å². The van der Waals surface area contributed by atoms with Crippen molar-refractivity contribution in [2.45, 2.75) is 58.2 Å². The molecular formula is C19H23N3O2. The summed E-state index contributed by atoms with van der Waals surface area (Å²) in [5.41, 5.74) is 2.03. The summed E-state index contributed by atoms with van der Waals surface area (Å²) >= 11 is 0. The lowest BCUT2D eigenvalue weighted by atomic mass is 10.2. The van der Waals surface area contributed by atoms with Crippen LogP contribution in [0.2, 0.25) is 0 Å². The molecule has 1 N–H and O–H groups in total. The summed E-state index contributed by atoms with van der Waals surface area (Å²) < 4.78 is 5.57. The van der Waals surface area contributed by atoms with Crippen molar-refractivity contribution in [3.05, 3.63) is 29.6 Å². The molecule has 24 heavy (non-hydrogen) atoms. The Bertz CT molecular complexity index is 810. The maximum atomic E-state index is 12.6. The summed E-state index contributed by atoms with van der Waals surface area (Å²) in [6.45, 7) is 7.68. The molecule has 2 heterocycles. The number of hydrogen-bond acceptors (Lipinski definition) is 3. The van der Waals surface area contributed by atoms with E-state index < -0.39 is 5.60 Å². The van der Waals surface area contributed by atoms with Gasteiger partial charge in [0, 0.05) is 11.6 Å². The van der Waals surface area contributed by atoms with Gasteiger partial charge in [-0.25, -0.2) is 9.78 Å². The molecule has 0 saturated carbocycles. The number of rotatable bonds is 1. The van der Waals surface area contributed by atoms with Crippen molar-refractivity contribution in [3.63, 3.8) is 0 Å². The average molecular weight is 325 g/mol. The number of aromatic amines is 1. The van der Waals surface area contributed by atoms with Gasteiger partial charge in [-0.05, 0) is 58.7 Å². The molecule has 1 amide bonds. The van der Waals surface area contributed by atoms with Gasteiger partial charge in [0.15, 0.2) is 0 Å². The van der Waals surface area contributed by atoms with Crippen LogP contribution in [-0.4, -0.2) is 32.6 Å². The Morgan fingerprint density at radius 3 is 2.83 bits per heavy atom. The van der Waals surface area contributed by atoms with Gasteiger partial charge in [0.2, 0.25) is 0 Å². The third-order valence-electron chi connectivity index (χ3n) is 4.26. The molecule has 1 fully saturated rings. The zero-order valence-electron chi connectivity index (χ0n) is 14.6. The highest BCUT2D eigenvalue weighted by atomic mass is 16.6. The van der Waals surface area contributed by atoms with E-state index >= 15 is 0 Å². The van der Waals surface area contributed by atoms with E-state index in [-0.39, 0.29) is 18.2 Å². The summed E-state index contributed by atoms with van der Waals surface area (Å²) in [6, 6.07) is 5.71. The van der Waals surface area contributed by atoms with Crippen LogP contribution in [0.4, 0.5) is 4.79 Å². The second-order valence-electron chi connectivity index (χ2n) is 7.33. The summed E-state index contributed by atoms with van der Waals surface area (Å²) in [4.78, 5) is 22.4. The fourth-order valence-corrected chi connectivity index (χ4v) is 3.15. The van der Waals surface area contributed by atoms with Gasteiger partial charge >= 0.3 is 6.09 Å². The number of likely N-dealkylation sites (tertiary alicyclic amines) is 1. The first-order valence-electron chi connectivity index (χ1n) is 8.26. The summed E-state index contributed by atoms with van der Waals surface area (Å²) in [7, 11) is 0. The van der Waals surface area contributed by atoms with E-state index in [0.717, 1.165) is 35.3 Å². The standard InChI is InChI=1S/C19H23N3O2/c1-6-13-8-9-14-15(11-13)21-17(20-14)16-10-7-12(2)22(16)18(23)24-19(3,4)5/h1,8-9,11-12,16H,7,10H2,2-5H3,(H,20,21)/t12-,16-/m0/s1. The molecule has 0 bridgehead atoms. The Morgan fingerprint density at radius 2 is 2.17 bits per heavy atom. The number of H-pyrrole nitrogens is 1. The Balaban J connectivity index is 1.92. The van der Waals surface area contributed by atoms with Crippen LogP contribution >= 0.6 is 0 Å². The average Bonchev–Trinajstić information content (AvgIpc) is 3.07. The molecular weight excluding hydrogens is 302 g/mol. The first-order chi connectivity index (χ1) is 11.3.